The van der Waals surface area contributed by atoms with Gasteiger partial charge in [-0.15, -0.1) is 0 Å². The van der Waals surface area contributed by atoms with Crippen molar-refractivity contribution in [2.45, 2.75) is 65.2 Å². The molecule has 158 valence electrons. The highest BCUT2D eigenvalue weighted by Crippen LogP contribution is 2.40. The molecule has 0 bridgehead atoms. The number of nitrogens with zero attached hydrogens (tertiary/aromatic N) is 1. The van der Waals surface area contributed by atoms with Crippen LogP contribution in [0.25, 0.3) is 6.08 Å². The van der Waals surface area contributed by atoms with Gasteiger partial charge in [0.1, 0.15) is 5.75 Å². The number of amides is 1. The summed E-state index contributed by atoms with van der Waals surface area (Å²) in [4.78, 5) is 25.7. The fourth-order valence-corrected chi connectivity index (χ4v) is 3.92. The van der Waals surface area contributed by atoms with Gasteiger partial charge in [0, 0.05) is 30.3 Å². The molecule has 1 aromatic rings. The molecule has 2 N–H and O–H groups in total. The molecule has 1 heterocycles. The minimum atomic E-state index is -0.864. The minimum absolute atomic E-state index is 0.0334. The smallest absolute Gasteiger partial charge is 0.303 e. The maximum absolute atomic E-state index is 12.8. The highest BCUT2D eigenvalue weighted by atomic mass is 32.2. The van der Waals surface area contributed by atoms with Crippen molar-refractivity contribution in [3.05, 3.63) is 45.3 Å². The topological polar surface area (TPSA) is 77.8 Å². The second-order valence-corrected chi connectivity index (χ2v) is 10.3. The zero-order chi connectivity index (χ0) is 22.0. The summed E-state index contributed by atoms with van der Waals surface area (Å²) in [6.07, 6.45) is 3.99. The van der Waals surface area contributed by atoms with Crippen molar-refractivity contribution in [3.8, 4) is 5.75 Å². The van der Waals surface area contributed by atoms with Gasteiger partial charge in [-0.1, -0.05) is 53.3 Å². The largest absolute Gasteiger partial charge is 0.507 e. The average molecular weight is 418 g/mol. The Balaban J connectivity index is 2.41. The highest BCUT2D eigenvalue weighted by molar-refractivity contribution is 8.06. The normalized spacial score (nSPS) is 16.6. The van der Waals surface area contributed by atoms with E-state index in [-0.39, 0.29) is 23.2 Å². The van der Waals surface area contributed by atoms with Crippen LogP contribution in [0.3, 0.4) is 0 Å². The predicted molar refractivity (Wildman–Crippen MR) is 119 cm³/mol. The van der Waals surface area contributed by atoms with Gasteiger partial charge in [0.25, 0.3) is 5.91 Å². The van der Waals surface area contributed by atoms with Crippen molar-refractivity contribution < 1.29 is 19.8 Å². The van der Waals surface area contributed by atoms with Crippen LogP contribution in [0.15, 0.2) is 28.6 Å². The first-order chi connectivity index (χ1) is 13.3. The first-order valence-electron chi connectivity index (χ1n) is 9.76. The third-order valence-electron chi connectivity index (χ3n) is 4.74. The van der Waals surface area contributed by atoms with E-state index in [2.05, 4.69) is 41.5 Å². The number of carbonyl (C=O) groups is 2. The van der Waals surface area contributed by atoms with Crippen molar-refractivity contribution in [1.82, 2.24) is 4.90 Å². The summed E-state index contributed by atoms with van der Waals surface area (Å²) in [6, 6.07) is 3.89. The number of aromatic hydroxyl groups is 1. The van der Waals surface area contributed by atoms with Gasteiger partial charge in [-0.2, -0.15) is 0 Å². The van der Waals surface area contributed by atoms with Crippen LogP contribution in [0.5, 0.6) is 5.75 Å². The van der Waals surface area contributed by atoms with Gasteiger partial charge in [0.05, 0.1) is 4.91 Å². The average Bonchev–Trinajstić information content (AvgIpc) is 2.57. The van der Waals surface area contributed by atoms with E-state index >= 15 is 0 Å². The van der Waals surface area contributed by atoms with E-state index in [0.29, 0.717) is 23.6 Å². The zero-order valence-electron chi connectivity index (χ0n) is 18.1. The zero-order valence-corrected chi connectivity index (χ0v) is 18.9. The van der Waals surface area contributed by atoms with Gasteiger partial charge in [-0.05, 0) is 46.4 Å². The summed E-state index contributed by atoms with van der Waals surface area (Å²) in [7, 11) is 0. The Hall–Kier alpha value is -2.21. The molecule has 5 nitrogen and oxygen atoms in total. The van der Waals surface area contributed by atoms with Crippen LogP contribution in [-0.2, 0) is 20.4 Å². The van der Waals surface area contributed by atoms with Gasteiger partial charge < -0.3 is 15.1 Å². The summed E-state index contributed by atoms with van der Waals surface area (Å²) < 4.78 is 0. The Labute approximate surface area is 177 Å². The number of hydrogen-bond donors (Lipinski definition) is 2. The molecule has 1 aromatic carbocycles. The molecular formula is C23H31NO4S. The number of thioether (sulfide) groups is 1. The quantitative estimate of drug-likeness (QED) is 0.641. The SMILES string of the molecule is CC(C)(C)c1cc(C=C2SC=CN(CCCC(=O)O)C2=O)cc(C(C)(C)C)c1O. The molecule has 0 aliphatic carbocycles. The van der Waals surface area contributed by atoms with E-state index in [9.17, 15) is 14.7 Å². The minimum Gasteiger partial charge on any atom is -0.507 e. The fraction of sp³-hybridized carbons (Fsp3) is 0.478. The number of benzene rings is 1. The van der Waals surface area contributed by atoms with Crippen molar-refractivity contribution in [1.29, 1.82) is 0 Å². The Kier molecular flexibility index (Phi) is 6.89. The summed E-state index contributed by atoms with van der Waals surface area (Å²) in [6.45, 7) is 12.7. The molecule has 2 rings (SSSR count). The number of rotatable bonds is 5. The number of phenolic OH excluding ortho intramolecular Hbond substituents is 1. The van der Waals surface area contributed by atoms with Crippen LogP contribution >= 0.6 is 11.8 Å². The number of hydrogen-bond acceptors (Lipinski definition) is 4. The van der Waals surface area contributed by atoms with Crippen LogP contribution in [0.2, 0.25) is 0 Å². The lowest BCUT2D eigenvalue weighted by Gasteiger charge is -2.28. The first-order valence-corrected chi connectivity index (χ1v) is 10.6. The highest BCUT2D eigenvalue weighted by Gasteiger charge is 2.27. The number of phenols is 1. The Morgan fingerprint density at radius 3 is 2.14 bits per heavy atom. The van der Waals surface area contributed by atoms with Crippen LogP contribution in [0, 0.1) is 0 Å². The third-order valence-corrected chi connectivity index (χ3v) is 5.55. The van der Waals surface area contributed by atoms with E-state index in [1.54, 1.807) is 11.1 Å². The van der Waals surface area contributed by atoms with Crippen LogP contribution in [0.1, 0.15) is 71.1 Å². The lowest BCUT2D eigenvalue weighted by atomic mass is 9.78. The number of carboxylic acids is 1. The molecule has 0 radical (unpaired) electrons. The lowest BCUT2D eigenvalue weighted by Crippen LogP contribution is -2.29. The summed E-state index contributed by atoms with van der Waals surface area (Å²) in [5.74, 6) is -0.687. The Morgan fingerprint density at radius 1 is 1.10 bits per heavy atom. The molecule has 1 aliphatic heterocycles. The molecule has 0 unspecified atom stereocenters. The molecule has 0 spiro atoms. The monoisotopic (exact) mass is 417 g/mol. The number of carbonyl (C=O) groups excluding carboxylic acids is 1. The Morgan fingerprint density at radius 2 is 1.66 bits per heavy atom. The predicted octanol–water partition coefficient (Wildman–Crippen LogP) is 5.24. The van der Waals surface area contributed by atoms with E-state index in [4.69, 9.17) is 5.11 Å². The van der Waals surface area contributed by atoms with Gasteiger partial charge in [0.2, 0.25) is 0 Å². The third kappa shape index (κ3) is 5.89. The molecule has 0 fully saturated rings. The van der Waals surface area contributed by atoms with Gasteiger partial charge >= 0.3 is 5.97 Å². The van der Waals surface area contributed by atoms with Crippen molar-refractivity contribution in [3.63, 3.8) is 0 Å². The maximum atomic E-state index is 12.8. The molecule has 29 heavy (non-hydrogen) atoms. The molecule has 1 amide bonds. The standard InChI is InChI=1S/C23H31NO4S/c1-22(2,3)16-12-15(13-17(20(16)27)23(4,5)6)14-18-21(28)24(10-11-29-18)9-7-8-19(25)26/h10-14,27H,7-9H2,1-6H3,(H,25,26). The molecule has 6 heteroatoms. The van der Waals surface area contributed by atoms with E-state index in [1.807, 2.05) is 23.6 Å². The Bertz CT molecular complexity index is 822. The van der Waals surface area contributed by atoms with Crippen molar-refractivity contribution in [2.24, 2.45) is 0 Å². The lowest BCUT2D eigenvalue weighted by molar-refractivity contribution is -0.137. The second-order valence-electron chi connectivity index (χ2n) is 9.37. The fourth-order valence-electron chi connectivity index (χ4n) is 3.14. The van der Waals surface area contributed by atoms with E-state index in [0.717, 1.165) is 16.7 Å². The van der Waals surface area contributed by atoms with Crippen molar-refractivity contribution >= 4 is 29.7 Å². The van der Waals surface area contributed by atoms with E-state index < -0.39 is 5.97 Å². The summed E-state index contributed by atoms with van der Waals surface area (Å²) >= 11 is 1.35. The van der Waals surface area contributed by atoms with Crippen molar-refractivity contribution in [2.75, 3.05) is 6.54 Å². The first kappa shape index (κ1) is 23.1. The molecule has 0 aromatic heterocycles. The summed E-state index contributed by atoms with van der Waals surface area (Å²) in [5.41, 5.74) is 2.07. The maximum Gasteiger partial charge on any atom is 0.303 e. The van der Waals surface area contributed by atoms with Crippen LogP contribution in [-0.4, -0.2) is 33.5 Å². The summed E-state index contributed by atoms with van der Waals surface area (Å²) in [5, 5.41) is 21.5. The van der Waals surface area contributed by atoms with Gasteiger partial charge in [0.15, 0.2) is 0 Å². The van der Waals surface area contributed by atoms with Crippen LogP contribution in [0.4, 0.5) is 0 Å². The molecule has 0 atom stereocenters. The van der Waals surface area contributed by atoms with E-state index in [1.165, 1.54) is 11.8 Å². The molecular weight excluding hydrogens is 386 g/mol. The molecule has 0 saturated heterocycles. The van der Waals surface area contributed by atoms with Crippen LogP contribution < -0.4 is 0 Å². The second kappa shape index (κ2) is 8.66. The van der Waals surface area contributed by atoms with Gasteiger partial charge in [-0.25, -0.2) is 0 Å². The molecule has 0 saturated carbocycles. The number of carboxylic acid groups (broad SMARTS) is 1. The number of aliphatic carboxylic acids is 1. The van der Waals surface area contributed by atoms with Gasteiger partial charge in [-0.3, -0.25) is 9.59 Å². The molecule has 1 aliphatic rings.